The van der Waals surface area contributed by atoms with E-state index in [2.05, 4.69) is 0 Å². The normalized spacial score (nSPS) is 16.2. The second-order valence-corrected chi connectivity index (χ2v) is 9.12. The molecule has 0 N–H and O–H groups in total. The maximum Gasteiger partial charge on any atom is 0.249 e. The molecule has 174 valence electrons. The van der Waals surface area contributed by atoms with Gasteiger partial charge in [0, 0.05) is 18.7 Å². The van der Waals surface area contributed by atoms with E-state index in [-0.39, 0.29) is 31.1 Å². The molecular weight excluding hydrogens is 408 g/mol. The second kappa shape index (κ2) is 11.3. The molecule has 1 saturated heterocycles. The van der Waals surface area contributed by atoms with E-state index in [1.165, 1.54) is 0 Å². The van der Waals surface area contributed by atoms with Gasteiger partial charge in [-0.15, -0.1) is 0 Å². The van der Waals surface area contributed by atoms with Crippen LogP contribution in [0, 0.1) is 0 Å². The van der Waals surface area contributed by atoms with Crippen LogP contribution in [0.15, 0.2) is 53.1 Å². The van der Waals surface area contributed by atoms with Gasteiger partial charge in [-0.2, -0.15) is 0 Å². The van der Waals surface area contributed by atoms with Crippen LogP contribution in [0.1, 0.15) is 44.9 Å². The molecule has 1 atom stereocenters. The van der Waals surface area contributed by atoms with E-state index in [4.69, 9.17) is 13.9 Å². The third kappa shape index (κ3) is 7.21. The molecule has 0 spiro atoms. The Kier molecular flexibility index (Phi) is 8.47. The van der Waals surface area contributed by atoms with Gasteiger partial charge in [-0.3, -0.25) is 9.59 Å². The Balaban J connectivity index is 1.63. The van der Waals surface area contributed by atoms with Crippen molar-refractivity contribution < 1.29 is 23.5 Å². The van der Waals surface area contributed by atoms with Crippen LogP contribution in [0.25, 0.3) is 0 Å². The molecule has 32 heavy (non-hydrogen) atoms. The smallest absolute Gasteiger partial charge is 0.249 e. The van der Waals surface area contributed by atoms with Gasteiger partial charge in [0.1, 0.15) is 18.9 Å². The Morgan fingerprint density at radius 3 is 2.50 bits per heavy atom. The first kappa shape index (κ1) is 24.0. The van der Waals surface area contributed by atoms with Gasteiger partial charge in [0.2, 0.25) is 11.8 Å². The minimum absolute atomic E-state index is 0.0157. The summed E-state index contributed by atoms with van der Waals surface area (Å²) < 4.78 is 16.8. The molecule has 7 nitrogen and oxygen atoms in total. The number of nitrogens with zero attached hydrogens (tertiary/aromatic N) is 2. The highest BCUT2D eigenvalue weighted by Crippen LogP contribution is 2.18. The van der Waals surface area contributed by atoms with E-state index < -0.39 is 5.54 Å². The monoisotopic (exact) mass is 442 g/mol. The standard InChI is InChI=1S/C25H34N2O5/c1-25(2,3)27(24(29)19-30-18-20-9-5-4-6-10-20)17-23(28)26(15-21-11-7-13-31-21)16-22-12-8-14-32-22/h4-7,9-11,13,22H,8,12,14-19H2,1-3H3. The lowest BCUT2D eigenvalue weighted by atomic mass is 10.1. The summed E-state index contributed by atoms with van der Waals surface area (Å²) in [5.74, 6) is 0.358. The maximum atomic E-state index is 13.3. The van der Waals surface area contributed by atoms with Crippen LogP contribution in [0.5, 0.6) is 0 Å². The summed E-state index contributed by atoms with van der Waals surface area (Å²) >= 11 is 0. The van der Waals surface area contributed by atoms with Gasteiger partial charge in [-0.25, -0.2) is 0 Å². The largest absolute Gasteiger partial charge is 0.467 e. The molecule has 0 saturated carbocycles. The summed E-state index contributed by atoms with van der Waals surface area (Å²) in [6, 6.07) is 13.4. The number of carbonyl (C=O) groups excluding carboxylic acids is 2. The quantitative estimate of drug-likeness (QED) is 0.562. The highest BCUT2D eigenvalue weighted by Gasteiger charge is 2.31. The van der Waals surface area contributed by atoms with Crippen molar-refractivity contribution in [2.45, 2.75) is 58.4 Å². The molecular formula is C25H34N2O5. The SMILES string of the molecule is CC(C)(C)N(CC(=O)N(Cc1ccco1)CC1CCCO1)C(=O)COCc1ccccc1. The highest BCUT2D eigenvalue weighted by molar-refractivity contribution is 5.86. The third-order valence-electron chi connectivity index (χ3n) is 5.47. The Morgan fingerprint density at radius 1 is 1.09 bits per heavy atom. The number of rotatable bonds is 10. The second-order valence-electron chi connectivity index (χ2n) is 9.12. The molecule has 2 aromatic rings. The Hall–Kier alpha value is -2.64. The van der Waals surface area contributed by atoms with Crippen molar-refractivity contribution in [2.24, 2.45) is 0 Å². The van der Waals surface area contributed by atoms with E-state index in [1.54, 1.807) is 22.1 Å². The molecule has 0 bridgehead atoms. The molecule has 1 aliphatic rings. The van der Waals surface area contributed by atoms with E-state index >= 15 is 0 Å². The lowest BCUT2D eigenvalue weighted by Crippen LogP contribution is -2.52. The minimum Gasteiger partial charge on any atom is -0.467 e. The van der Waals surface area contributed by atoms with Gasteiger partial charge in [0.25, 0.3) is 0 Å². The molecule has 1 aromatic heterocycles. The van der Waals surface area contributed by atoms with Gasteiger partial charge in [0.05, 0.1) is 25.5 Å². The number of benzene rings is 1. The van der Waals surface area contributed by atoms with Gasteiger partial charge >= 0.3 is 0 Å². The molecule has 1 aromatic carbocycles. The van der Waals surface area contributed by atoms with Crippen molar-refractivity contribution in [3.63, 3.8) is 0 Å². The number of ether oxygens (including phenoxy) is 2. The van der Waals surface area contributed by atoms with Crippen molar-refractivity contribution in [3.8, 4) is 0 Å². The van der Waals surface area contributed by atoms with Gasteiger partial charge in [-0.05, 0) is 51.3 Å². The molecule has 2 heterocycles. The fourth-order valence-corrected chi connectivity index (χ4v) is 3.72. The van der Waals surface area contributed by atoms with Crippen LogP contribution in [0.2, 0.25) is 0 Å². The van der Waals surface area contributed by atoms with Crippen molar-refractivity contribution >= 4 is 11.8 Å². The molecule has 1 unspecified atom stereocenters. The Bertz CT molecular complexity index is 839. The first-order valence-electron chi connectivity index (χ1n) is 11.2. The zero-order chi connectivity index (χ0) is 23.0. The first-order valence-corrected chi connectivity index (χ1v) is 11.2. The summed E-state index contributed by atoms with van der Waals surface area (Å²) in [5, 5.41) is 0. The summed E-state index contributed by atoms with van der Waals surface area (Å²) in [5.41, 5.74) is 0.475. The van der Waals surface area contributed by atoms with E-state index in [0.717, 1.165) is 25.0 Å². The summed E-state index contributed by atoms with van der Waals surface area (Å²) in [6.45, 7) is 7.57. The number of hydrogen-bond donors (Lipinski definition) is 0. The van der Waals surface area contributed by atoms with Crippen LogP contribution in [0.3, 0.4) is 0 Å². The van der Waals surface area contributed by atoms with Crippen molar-refractivity contribution in [3.05, 3.63) is 60.1 Å². The van der Waals surface area contributed by atoms with E-state index in [1.807, 2.05) is 57.2 Å². The Morgan fingerprint density at radius 2 is 1.88 bits per heavy atom. The lowest BCUT2D eigenvalue weighted by Gasteiger charge is -2.37. The summed E-state index contributed by atoms with van der Waals surface area (Å²) in [6.07, 6.45) is 3.54. The average Bonchev–Trinajstić information content (AvgIpc) is 3.45. The van der Waals surface area contributed by atoms with Crippen LogP contribution >= 0.6 is 0 Å². The fraction of sp³-hybridized carbons (Fsp3) is 0.520. The summed E-state index contributed by atoms with van der Waals surface area (Å²) in [4.78, 5) is 29.6. The average molecular weight is 443 g/mol. The summed E-state index contributed by atoms with van der Waals surface area (Å²) in [7, 11) is 0. The van der Waals surface area contributed by atoms with Crippen molar-refractivity contribution in [2.75, 3.05) is 26.3 Å². The van der Waals surface area contributed by atoms with Gasteiger partial charge in [-0.1, -0.05) is 30.3 Å². The zero-order valence-electron chi connectivity index (χ0n) is 19.3. The predicted octanol–water partition coefficient (Wildman–Crippen LogP) is 3.63. The van der Waals surface area contributed by atoms with Gasteiger partial charge < -0.3 is 23.7 Å². The van der Waals surface area contributed by atoms with Crippen LogP contribution in [-0.2, 0) is 32.2 Å². The molecule has 1 aliphatic heterocycles. The van der Waals surface area contributed by atoms with E-state index in [9.17, 15) is 9.59 Å². The fourth-order valence-electron chi connectivity index (χ4n) is 3.72. The number of furan rings is 1. The lowest BCUT2D eigenvalue weighted by molar-refractivity contribution is -0.149. The van der Waals surface area contributed by atoms with E-state index in [0.29, 0.717) is 25.5 Å². The molecule has 2 amide bonds. The number of amides is 2. The molecule has 7 heteroatoms. The van der Waals surface area contributed by atoms with Crippen LogP contribution < -0.4 is 0 Å². The molecule has 1 fully saturated rings. The van der Waals surface area contributed by atoms with Crippen molar-refractivity contribution in [1.29, 1.82) is 0 Å². The number of hydrogen-bond acceptors (Lipinski definition) is 5. The van der Waals surface area contributed by atoms with Crippen molar-refractivity contribution in [1.82, 2.24) is 9.80 Å². The van der Waals surface area contributed by atoms with Crippen LogP contribution in [-0.4, -0.2) is 59.6 Å². The first-order chi connectivity index (χ1) is 15.3. The molecule has 0 radical (unpaired) electrons. The zero-order valence-corrected chi connectivity index (χ0v) is 19.3. The highest BCUT2D eigenvalue weighted by atomic mass is 16.5. The maximum absolute atomic E-state index is 13.3. The number of carbonyl (C=O) groups is 2. The van der Waals surface area contributed by atoms with Crippen LogP contribution in [0.4, 0.5) is 0 Å². The minimum atomic E-state index is -0.525. The van der Waals surface area contributed by atoms with Gasteiger partial charge in [0.15, 0.2) is 0 Å². The topological polar surface area (TPSA) is 72.2 Å². The third-order valence-corrected chi connectivity index (χ3v) is 5.47. The predicted molar refractivity (Wildman–Crippen MR) is 121 cm³/mol. The Labute approximate surface area is 190 Å². The molecule has 3 rings (SSSR count). The molecule has 0 aliphatic carbocycles.